The van der Waals surface area contributed by atoms with Gasteiger partial charge in [0.2, 0.25) is 0 Å². The Morgan fingerprint density at radius 3 is 2.91 bits per heavy atom. The Hall–Kier alpha value is -0.690. The minimum atomic E-state index is 0. The number of hydrogen-bond acceptors (Lipinski definition) is 2. The number of aliphatic imine (C=N–C) groups is 1. The summed E-state index contributed by atoms with van der Waals surface area (Å²) in [6.45, 7) is 9.09. The molecule has 1 unspecified atom stereocenters. The third-order valence-corrected chi connectivity index (χ3v) is 3.99. The van der Waals surface area contributed by atoms with Gasteiger partial charge in [-0.2, -0.15) is 0 Å². The van der Waals surface area contributed by atoms with E-state index in [0.29, 0.717) is 17.9 Å². The van der Waals surface area contributed by atoms with E-state index < -0.39 is 0 Å². The first kappa shape index (κ1) is 19.4. The fourth-order valence-electron chi connectivity index (χ4n) is 2.69. The number of nitrogens with zero attached hydrogens (tertiary/aromatic N) is 2. The molecule has 1 aliphatic rings. The van der Waals surface area contributed by atoms with Crippen molar-refractivity contribution in [1.29, 1.82) is 0 Å². The molecule has 22 heavy (non-hydrogen) atoms. The summed E-state index contributed by atoms with van der Waals surface area (Å²) in [6.07, 6.45) is 1.14. The van der Waals surface area contributed by atoms with Crippen molar-refractivity contribution >= 4 is 47.2 Å². The Bertz CT molecular complexity index is 519. The maximum absolute atomic E-state index is 6.11. The first-order valence-corrected chi connectivity index (χ1v) is 7.91. The van der Waals surface area contributed by atoms with Gasteiger partial charge in [0.15, 0.2) is 5.96 Å². The lowest BCUT2D eigenvalue weighted by Gasteiger charge is -2.21. The lowest BCUT2D eigenvalue weighted by atomic mass is 10.1. The highest BCUT2D eigenvalue weighted by Gasteiger charge is 2.23. The maximum Gasteiger partial charge on any atom is 0.188 e. The van der Waals surface area contributed by atoms with E-state index in [9.17, 15) is 0 Å². The van der Waals surface area contributed by atoms with Crippen LogP contribution in [0.15, 0.2) is 23.2 Å². The fraction of sp³-hybridized carbons (Fsp3) is 0.562. The molecule has 3 N–H and O–H groups in total. The largest absolute Gasteiger partial charge is 0.371 e. The molecular weight excluding hydrogens is 411 g/mol. The quantitative estimate of drug-likeness (QED) is 0.432. The highest BCUT2D eigenvalue weighted by molar-refractivity contribution is 14.0. The van der Waals surface area contributed by atoms with Gasteiger partial charge >= 0.3 is 0 Å². The summed E-state index contributed by atoms with van der Waals surface area (Å²) in [5, 5.41) is 3.92. The summed E-state index contributed by atoms with van der Waals surface area (Å²) in [4.78, 5) is 6.84. The van der Waals surface area contributed by atoms with Crippen molar-refractivity contribution in [3.05, 3.63) is 28.8 Å². The third kappa shape index (κ3) is 5.50. The average Bonchev–Trinajstić information content (AvgIpc) is 2.87. The van der Waals surface area contributed by atoms with Gasteiger partial charge in [0.1, 0.15) is 0 Å². The van der Waals surface area contributed by atoms with Crippen LogP contribution in [0.2, 0.25) is 5.02 Å². The summed E-state index contributed by atoms with van der Waals surface area (Å²) in [5.41, 5.74) is 8.36. The van der Waals surface area contributed by atoms with E-state index in [1.807, 2.05) is 6.07 Å². The SMILES string of the molecule is Cc1ccc(Cl)cc1N1CCC(CN=C(N)NC(C)C)C1.I. The van der Waals surface area contributed by atoms with E-state index in [0.717, 1.165) is 31.1 Å². The van der Waals surface area contributed by atoms with Gasteiger partial charge in [-0.25, -0.2) is 0 Å². The van der Waals surface area contributed by atoms with Crippen molar-refractivity contribution in [2.45, 2.75) is 33.2 Å². The standard InChI is InChI=1S/C16H25ClN4.HI/c1-11(2)20-16(18)19-9-13-6-7-21(10-13)15-8-14(17)5-4-12(15)3;/h4-5,8,11,13H,6-7,9-10H2,1-3H3,(H3,18,19,20);1H. The first-order chi connectivity index (χ1) is 9.95. The molecule has 1 atom stereocenters. The number of nitrogens with two attached hydrogens (primary N) is 1. The van der Waals surface area contributed by atoms with Crippen molar-refractivity contribution in [2.75, 3.05) is 24.5 Å². The normalized spacial score (nSPS) is 18.5. The molecule has 0 aromatic heterocycles. The van der Waals surface area contributed by atoms with Crippen molar-refractivity contribution in [2.24, 2.45) is 16.6 Å². The Morgan fingerprint density at radius 1 is 1.50 bits per heavy atom. The van der Waals surface area contributed by atoms with E-state index >= 15 is 0 Å². The zero-order valence-corrected chi connectivity index (χ0v) is 16.6. The topological polar surface area (TPSA) is 53.6 Å². The van der Waals surface area contributed by atoms with Crippen molar-refractivity contribution < 1.29 is 0 Å². The lowest BCUT2D eigenvalue weighted by Crippen LogP contribution is -2.37. The van der Waals surface area contributed by atoms with Crippen LogP contribution in [0.1, 0.15) is 25.8 Å². The summed E-state index contributed by atoms with van der Waals surface area (Å²) < 4.78 is 0. The first-order valence-electron chi connectivity index (χ1n) is 7.53. The number of aryl methyl sites for hydroxylation is 1. The summed E-state index contributed by atoms with van der Waals surface area (Å²) in [6, 6.07) is 6.39. The molecule has 0 aliphatic carbocycles. The predicted octanol–water partition coefficient (Wildman–Crippen LogP) is 3.41. The van der Waals surface area contributed by atoms with Crippen LogP contribution in [0.4, 0.5) is 5.69 Å². The zero-order valence-electron chi connectivity index (χ0n) is 13.5. The smallest absolute Gasteiger partial charge is 0.188 e. The molecule has 1 saturated heterocycles. The van der Waals surface area contributed by atoms with Crippen LogP contribution in [-0.2, 0) is 0 Å². The van der Waals surface area contributed by atoms with Gasteiger partial charge in [0, 0.05) is 36.4 Å². The maximum atomic E-state index is 6.11. The van der Waals surface area contributed by atoms with Crippen LogP contribution < -0.4 is 16.0 Å². The number of rotatable bonds is 4. The molecule has 0 spiro atoms. The van der Waals surface area contributed by atoms with E-state index in [1.165, 1.54) is 11.3 Å². The summed E-state index contributed by atoms with van der Waals surface area (Å²) >= 11 is 6.11. The summed E-state index contributed by atoms with van der Waals surface area (Å²) in [5.74, 6) is 1.10. The van der Waals surface area contributed by atoms with Gasteiger partial charge in [0.05, 0.1) is 0 Å². The number of benzene rings is 1. The van der Waals surface area contributed by atoms with Crippen molar-refractivity contribution in [3.8, 4) is 0 Å². The molecule has 6 heteroatoms. The van der Waals surface area contributed by atoms with Crippen LogP contribution in [-0.4, -0.2) is 31.6 Å². The zero-order chi connectivity index (χ0) is 15.4. The monoisotopic (exact) mass is 436 g/mol. The fourth-order valence-corrected chi connectivity index (χ4v) is 2.86. The van der Waals surface area contributed by atoms with Crippen LogP contribution in [0.3, 0.4) is 0 Å². The molecule has 1 aromatic rings. The molecule has 124 valence electrons. The molecule has 1 fully saturated rings. The van der Waals surface area contributed by atoms with Gasteiger partial charge in [0.25, 0.3) is 0 Å². The van der Waals surface area contributed by atoms with Crippen molar-refractivity contribution in [3.63, 3.8) is 0 Å². The van der Waals surface area contributed by atoms with E-state index in [1.54, 1.807) is 0 Å². The van der Waals surface area contributed by atoms with Crippen molar-refractivity contribution in [1.82, 2.24) is 5.32 Å². The number of guanidine groups is 1. The molecule has 0 amide bonds. The van der Waals surface area contributed by atoms with Gasteiger partial charge in [-0.1, -0.05) is 17.7 Å². The molecule has 4 nitrogen and oxygen atoms in total. The summed E-state index contributed by atoms with van der Waals surface area (Å²) in [7, 11) is 0. The van der Waals surface area contributed by atoms with Gasteiger partial charge in [-0.05, 0) is 50.8 Å². The Labute approximate surface area is 155 Å². The molecule has 1 aliphatic heterocycles. The second-order valence-electron chi connectivity index (χ2n) is 6.06. The van der Waals surface area contributed by atoms with Gasteiger partial charge in [-0.15, -0.1) is 24.0 Å². The second-order valence-corrected chi connectivity index (χ2v) is 6.49. The number of nitrogens with one attached hydrogen (secondary N) is 1. The molecule has 1 heterocycles. The Kier molecular flexibility index (Phi) is 7.76. The Morgan fingerprint density at radius 2 is 2.23 bits per heavy atom. The van der Waals surface area contributed by atoms with Crippen LogP contribution in [0, 0.1) is 12.8 Å². The van der Waals surface area contributed by atoms with Crippen LogP contribution in [0.5, 0.6) is 0 Å². The minimum absolute atomic E-state index is 0. The lowest BCUT2D eigenvalue weighted by molar-refractivity contribution is 0.599. The van der Waals surface area contributed by atoms with E-state index in [-0.39, 0.29) is 24.0 Å². The molecular formula is C16H26ClIN4. The molecule has 0 bridgehead atoms. The Balaban J connectivity index is 0.00000242. The van der Waals surface area contributed by atoms with Gasteiger partial charge in [-0.3, -0.25) is 4.99 Å². The third-order valence-electron chi connectivity index (χ3n) is 3.75. The molecule has 2 rings (SSSR count). The predicted molar refractivity (Wildman–Crippen MR) is 107 cm³/mol. The molecule has 0 radical (unpaired) electrons. The van der Waals surface area contributed by atoms with Gasteiger partial charge < -0.3 is 16.0 Å². The highest BCUT2D eigenvalue weighted by Crippen LogP contribution is 2.29. The number of hydrogen-bond donors (Lipinski definition) is 2. The van der Waals surface area contributed by atoms with E-state index in [4.69, 9.17) is 17.3 Å². The van der Waals surface area contributed by atoms with Crippen LogP contribution in [0.25, 0.3) is 0 Å². The van der Waals surface area contributed by atoms with E-state index in [2.05, 4.69) is 48.1 Å². The highest BCUT2D eigenvalue weighted by atomic mass is 127. The number of halogens is 2. The molecule has 1 aromatic carbocycles. The minimum Gasteiger partial charge on any atom is -0.371 e. The second kappa shape index (κ2) is 8.82. The average molecular weight is 437 g/mol. The molecule has 0 saturated carbocycles. The number of anilines is 1. The van der Waals surface area contributed by atoms with Crippen LogP contribution >= 0.6 is 35.6 Å².